The predicted octanol–water partition coefficient (Wildman–Crippen LogP) is 8.90. The molecule has 1 aromatic carbocycles. The van der Waals surface area contributed by atoms with Gasteiger partial charge in [0.05, 0.1) is 0 Å². The van der Waals surface area contributed by atoms with E-state index in [4.69, 9.17) is 5.73 Å². The fourth-order valence-electron chi connectivity index (χ4n) is 9.23. The van der Waals surface area contributed by atoms with E-state index in [0.29, 0.717) is 29.3 Å². The van der Waals surface area contributed by atoms with Gasteiger partial charge in [0, 0.05) is 55.4 Å². The van der Waals surface area contributed by atoms with Gasteiger partial charge in [0.2, 0.25) is 0 Å². The largest absolute Gasteiger partial charge is 0.380 e. The van der Waals surface area contributed by atoms with Crippen molar-refractivity contribution in [3.63, 3.8) is 0 Å². The summed E-state index contributed by atoms with van der Waals surface area (Å²) in [5, 5.41) is 11.7. The molecule has 0 bridgehead atoms. The number of anilines is 1. The van der Waals surface area contributed by atoms with Crippen LogP contribution in [-0.4, -0.2) is 61.8 Å². The summed E-state index contributed by atoms with van der Waals surface area (Å²) < 4.78 is 0. The van der Waals surface area contributed by atoms with Gasteiger partial charge >= 0.3 is 0 Å². The lowest BCUT2D eigenvalue weighted by Crippen LogP contribution is -2.59. The van der Waals surface area contributed by atoms with Crippen LogP contribution in [-0.2, 0) is 0 Å². The molecule has 0 amide bonds. The smallest absolute Gasteiger partial charge is 0.0456 e. The molecule has 3 heterocycles. The highest BCUT2D eigenvalue weighted by Gasteiger charge is 2.46. The monoisotopic (exact) mass is 640 g/mol. The molecule has 2 saturated heterocycles. The Bertz CT molecular complexity index is 1070. The Morgan fingerprint density at radius 2 is 1.65 bits per heavy atom. The maximum Gasteiger partial charge on any atom is 0.0456 e. The molecule has 2 fully saturated rings. The fraction of sp³-hybridized carbons (Fsp3) is 0.854. The first-order valence-corrected chi connectivity index (χ1v) is 18.9. The molecule has 0 saturated carbocycles. The number of benzene rings is 1. The Kier molecular flexibility index (Phi) is 13.3. The number of para-hydroxylation sites is 1. The van der Waals surface area contributed by atoms with Crippen LogP contribution >= 0.6 is 0 Å². The predicted molar refractivity (Wildman–Crippen MR) is 203 cm³/mol. The van der Waals surface area contributed by atoms with E-state index in [0.717, 1.165) is 51.6 Å². The van der Waals surface area contributed by atoms with E-state index in [1.165, 1.54) is 43.4 Å². The SMILES string of the molecule is CC(C)(CCN)CNCC1CC(C)(C)CC(C)(C)CN(CC2CC3c4ccccc4NC3CN2)C(C)(C)CC1(C)C.CCC(C)C. The number of nitrogens with two attached hydrogens (primary N) is 1. The molecule has 5 heteroatoms. The maximum atomic E-state index is 5.92. The van der Waals surface area contributed by atoms with Gasteiger partial charge in [0.15, 0.2) is 0 Å². The molecule has 4 atom stereocenters. The minimum atomic E-state index is 0.115. The average molecular weight is 640 g/mol. The first kappa shape index (κ1) is 39.3. The normalized spacial score (nSPS) is 28.8. The number of rotatable bonds is 9. The average Bonchev–Trinajstić information content (AvgIpc) is 3.28. The third kappa shape index (κ3) is 11.2. The van der Waals surface area contributed by atoms with Gasteiger partial charge in [-0.2, -0.15) is 0 Å². The van der Waals surface area contributed by atoms with Crippen LogP contribution < -0.4 is 21.7 Å². The molecule has 4 rings (SSSR count). The van der Waals surface area contributed by atoms with Gasteiger partial charge in [-0.05, 0) is 104 Å². The van der Waals surface area contributed by atoms with Crippen LogP contribution in [0, 0.1) is 33.5 Å². The van der Waals surface area contributed by atoms with Gasteiger partial charge < -0.3 is 21.7 Å². The molecular formula is C41H77N5. The van der Waals surface area contributed by atoms with Crippen LogP contribution in [0.4, 0.5) is 5.69 Å². The summed E-state index contributed by atoms with van der Waals surface area (Å²) in [5.41, 5.74) is 9.92. The summed E-state index contributed by atoms with van der Waals surface area (Å²) in [7, 11) is 0. The zero-order valence-electron chi connectivity index (χ0n) is 32.7. The standard InChI is InChI=1S/C36H65N5.C5H12/c1-32(2,15-16-37)24-38-19-26-18-33(3,4)22-34(5,6)25-41(36(9,10)23-35(26,7)8)21-27-17-29-28-13-11-12-14-30(28)40-31(29)20-39-27;1-4-5(2)3/h11-14,26-27,29,31,38-40H,15-25,37H2,1-10H3;5H,4H2,1-3H3. The summed E-state index contributed by atoms with van der Waals surface area (Å²) in [6.07, 6.45) is 7.30. The van der Waals surface area contributed by atoms with Crippen LogP contribution in [0.2, 0.25) is 0 Å². The zero-order chi connectivity index (χ0) is 34.6. The summed E-state index contributed by atoms with van der Waals surface area (Å²) in [5.74, 6) is 2.12. The molecule has 266 valence electrons. The molecule has 0 spiro atoms. The highest BCUT2D eigenvalue weighted by atomic mass is 15.2. The molecular weight excluding hydrogens is 562 g/mol. The second-order valence-electron chi connectivity index (χ2n) is 19.7. The Morgan fingerprint density at radius 3 is 2.28 bits per heavy atom. The number of nitrogens with zero attached hydrogens (tertiary/aromatic N) is 1. The van der Waals surface area contributed by atoms with E-state index in [9.17, 15) is 0 Å². The van der Waals surface area contributed by atoms with Crippen molar-refractivity contribution in [2.24, 2.45) is 39.2 Å². The van der Waals surface area contributed by atoms with Crippen LogP contribution in [0.25, 0.3) is 0 Å². The van der Waals surface area contributed by atoms with Crippen molar-refractivity contribution in [2.45, 2.75) is 152 Å². The van der Waals surface area contributed by atoms with Crippen LogP contribution in [0.1, 0.15) is 140 Å². The second-order valence-corrected chi connectivity index (χ2v) is 19.7. The molecule has 3 aliphatic rings. The number of piperidine rings is 1. The van der Waals surface area contributed by atoms with E-state index in [2.05, 4.69) is 135 Å². The van der Waals surface area contributed by atoms with Crippen molar-refractivity contribution in [3.8, 4) is 0 Å². The van der Waals surface area contributed by atoms with Gasteiger partial charge in [0.1, 0.15) is 0 Å². The lowest BCUT2D eigenvalue weighted by molar-refractivity contribution is -0.0236. The Hall–Kier alpha value is -1.14. The number of nitrogens with one attached hydrogen (secondary N) is 3. The highest BCUT2D eigenvalue weighted by molar-refractivity contribution is 5.59. The van der Waals surface area contributed by atoms with Gasteiger partial charge in [-0.3, -0.25) is 4.90 Å². The molecule has 0 aromatic heterocycles. The van der Waals surface area contributed by atoms with Crippen molar-refractivity contribution >= 4 is 5.69 Å². The topological polar surface area (TPSA) is 65.3 Å². The lowest BCUT2D eigenvalue weighted by Gasteiger charge is -2.53. The molecule has 1 aromatic rings. The molecule has 5 N–H and O–H groups in total. The molecule has 3 aliphatic heterocycles. The summed E-state index contributed by atoms with van der Waals surface area (Å²) in [4.78, 5) is 2.89. The van der Waals surface area contributed by atoms with E-state index >= 15 is 0 Å². The van der Waals surface area contributed by atoms with Crippen molar-refractivity contribution in [2.75, 3.05) is 44.6 Å². The summed E-state index contributed by atoms with van der Waals surface area (Å²) in [6.45, 7) is 37.8. The molecule has 0 aliphatic carbocycles. The van der Waals surface area contributed by atoms with E-state index in [1.54, 1.807) is 0 Å². The Balaban J connectivity index is 0.00000107. The zero-order valence-corrected chi connectivity index (χ0v) is 32.7. The van der Waals surface area contributed by atoms with E-state index in [1.807, 2.05) is 0 Å². The minimum absolute atomic E-state index is 0.115. The van der Waals surface area contributed by atoms with Crippen LogP contribution in [0.3, 0.4) is 0 Å². The van der Waals surface area contributed by atoms with Crippen molar-refractivity contribution in [1.29, 1.82) is 0 Å². The Labute approximate surface area is 286 Å². The van der Waals surface area contributed by atoms with Gasteiger partial charge in [-0.15, -0.1) is 0 Å². The third-order valence-corrected chi connectivity index (χ3v) is 11.6. The first-order chi connectivity index (χ1) is 21.2. The Morgan fingerprint density at radius 1 is 1.00 bits per heavy atom. The fourth-order valence-corrected chi connectivity index (χ4v) is 9.23. The van der Waals surface area contributed by atoms with Gasteiger partial charge in [-0.1, -0.05) is 101 Å². The van der Waals surface area contributed by atoms with Crippen molar-refractivity contribution in [3.05, 3.63) is 29.8 Å². The second kappa shape index (κ2) is 15.6. The molecule has 0 radical (unpaired) electrons. The van der Waals surface area contributed by atoms with E-state index < -0.39 is 0 Å². The van der Waals surface area contributed by atoms with Crippen LogP contribution in [0.5, 0.6) is 0 Å². The number of fused-ring (bicyclic) bond motifs is 3. The highest BCUT2D eigenvalue weighted by Crippen LogP contribution is 2.49. The summed E-state index contributed by atoms with van der Waals surface area (Å²) >= 11 is 0. The molecule has 46 heavy (non-hydrogen) atoms. The molecule has 4 unspecified atom stereocenters. The first-order valence-electron chi connectivity index (χ1n) is 18.9. The van der Waals surface area contributed by atoms with Gasteiger partial charge in [0.25, 0.3) is 0 Å². The van der Waals surface area contributed by atoms with Gasteiger partial charge in [-0.25, -0.2) is 0 Å². The minimum Gasteiger partial charge on any atom is -0.380 e. The lowest BCUT2D eigenvalue weighted by atomic mass is 9.61. The number of hydrogen-bond acceptors (Lipinski definition) is 5. The van der Waals surface area contributed by atoms with Crippen molar-refractivity contribution < 1.29 is 0 Å². The van der Waals surface area contributed by atoms with E-state index in [-0.39, 0.29) is 21.8 Å². The maximum absolute atomic E-state index is 5.92. The van der Waals surface area contributed by atoms with Crippen LogP contribution in [0.15, 0.2) is 24.3 Å². The van der Waals surface area contributed by atoms with Crippen molar-refractivity contribution in [1.82, 2.24) is 15.5 Å². The molecule has 5 nitrogen and oxygen atoms in total. The number of hydrogen-bond donors (Lipinski definition) is 4. The third-order valence-electron chi connectivity index (χ3n) is 11.6. The summed E-state index contributed by atoms with van der Waals surface area (Å²) in [6, 6.07) is 10.0. The quantitative estimate of drug-likeness (QED) is 0.217.